The second kappa shape index (κ2) is 4.88. The molecule has 88 valence electrons. The number of anilines is 1. The monoisotopic (exact) mass is 218 g/mol. The SMILES string of the molecule is CCC1(C)CN(c2ccccc2)CCCN1. The van der Waals surface area contributed by atoms with Gasteiger partial charge in [0.1, 0.15) is 0 Å². The number of rotatable bonds is 2. The summed E-state index contributed by atoms with van der Waals surface area (Å²) in [4.78, 5) is 2.50. The van der Waals surface area contributed by atoms with E-state index in [2.05, 4.69) is 54.4 Å². The van der Waals surface area contributed by atoms with Crippen LogP contribution in [-0.2, 0) is 0 Å². The van der Waals surface area contributed by atoms with Crippen molar-refractivity contribution < 1.29 is 0 Å². The maximum absolute atomic E-state index is 3.67. The molecule has 0 saturated carbocycles. The molecule has 0 aliphatic carbocycles. The standard InChI is InChI=1S/C14H22N2/c1-3-14(2)12-16(11-7-10-15-14)13-8-5-4-6-9-13/h4-6,8-9,15H,3,7,10-12H2,1-2H3. The summed E-state index contributed by atoms with van der Waals surface area (Å²) in [5.41, 5.74) is 1.61. The Bertz CT molecular complexity index is 323. The summed E-state index contributed by atoms with van der Waals surface area (Å²) < 4.78 is 0. The molecule has 2 heteroatoms. The van der Waals surface area contributed by atoms with Gasteiger partial charge in [0.2, 0.25) is 0 Å². The Morgan fingerprint density at radius 2 is 2.06 bits per heavy atom. The minimum atomic E-state index is 0.256. The van der Waals surface area contributed by atoms with E-state index in [-0.39, 0.29) is 5.54 Å². The first kappa shape index (κ1) is 11.5. The smallest absolute Gasteiger partial charge is 0.0366 e. The van der Waals surface area contributed by atoms with Crippen molar-refractivity contribution in [3.05, 3.63) is 30.3 Å². The van der Waals surface area contributed by atoms with Crippen molar-refractivity contribution >= 4 is 5.69 Å². The quantitative estimate of drug-likeness (QED) is 0.821. The third-order valence-corrected chi connectivity index (χ3v) is 3.60. The zero-order valence-electron chi connectivity index (χ0n) is 10.4. The minimum Gasteiger partial charge on any atom is -0.370 e. The topological polar surface area (TPSA) is 15.3 Å². The van der Waals surface area contributed by atoms with Gasteiger partial charge >= 0.3 is 0 Å². The van der Waals surface area contributed by atoms with Crippen LogP contribution in [0.5, 0.6) is 0 Å². The fourth-order valence-corrected chi connectivity index (χ4v) is 2.31. The first-order valence-electron chi connectivity index (χ1n) is 6.28. The Kier molecular flexibility index (Phi) is 3.49. The molecule has 2 rings (SSSR count). The molecule has 1 atom stereocenters. The minimum absolute atomic E-state index is 0.256. The summed E-state index contributed by atoms with van der Waals surface area (Å²) in [5, 5.41) is 3.67. The lowest BCUT2D eigenvalue weighted by molar-refractivity contribution is 0.366. The van der Waals surface area contributed by atoms with Crippen LogP contribution >= 0.6 is 0 Å². The van der Waals surface area contributed by atoms with Crippen molar-refractivity contribution in [2.45, 2.75) is 32.2 Å². The first-order valence-corrected chi connectivity index (χ1v) is 6.28. The van der Waals surface area contributed by atoms with E-state index < -0.39 is 0 Å². The summed E-state index contributed by atoms with van der Waals surface area (Å²) in [6, 6.07) is 10.7. The second-order valence-corrected chi connectivity index (χ2v) is 4.95. The van der Waals surface area contributed by atoms with Crippen molar-refractivity contribution in [2.75, 3.05) is 24.5 Å². The average molecular weight is 218 g/mol. The molecule has 2 nitrogen and oxygen atoms in total. The van der Waals surface area contributed by atoms with Gasteiger partial charge in [0.05, 0.1) is 0 Å². The fraction of sp³-hybridized carbons (Fsp3) is 0.571. The normalized spacial score (nSPS) is 26.5. The number of para-hydroxylation sites is 1. The van der Waals surface area contributed by atoms with E-state index in [9.17, 15) is 0 Å². The highest BCUT2D eigenvalue weighted by Gasteiger charge is 2.26. The number of hydrogen-bond donors (Lipinski definition) is 1. The van der Waals surface area contributed by atoms with E-state index in [0.29, 0.717) is 0 Å². The summed E-state index contributed by atoms with van der Waals surface area (Å²) in [6.45, 7) is 7.99. The molecular formula is C14H22N2. The maximum Gasteiger partial charge on any atom is 0.0366 e. The third-order valence-electron chi connectivity index (χ3n) is 3.60. The van der Waals surface area contributed by atoms with Gasteiger partial charge in [-0.3, -0.25) is 0 Å². The van der Waals surface area contributed by atoms with Crippen LogP contribution in [0.2, 0.25) is 0 Å². The van der Waals surface area contributed by atoms with Gasteiger partial charge in [-0.15, -0.1) is 0 Å². The van der Waals surface area contributed by atoms with Crippen LogP contribution in [0.3, 0.4) is 0 Å². The van der Waals surface area contributed by atoms with Crippen molar-refractivity contribution in [1.82, 2.24) is 5.32 Å². The fourth-order valence-electron chi connectivity index (χ4n) is 2.31. The second-order valence-electron chi connectivity index (χ2n) is 4.95. The average Bonchev–Trinajstić information content (AvgIpc) is 2.53. The largest absolute Gasteiger partial charge is 0.370 e. The number of hydrogen-bond acceptors (Lipinski definition) is 2. The molecule has 1 aliphatic rings. The van der Waals surface area contributed by atoms with E-state index in [1.165, 1.54) is 18.5 Å². The molecule has 0 bridgehead atoms. The van der Waals surface area contributed by atoms with Crippen LogP contribution in [0.25, 0.3) is 0 Å². The molecular weight excluding hydrogens is 196 g/mol. The molecule has 1 fully saturated rings. The maximum atomic E-state index is 3.67. The van der Waals surface area contributed by atoms with E-state index >= 15 is 0 Å². The zero-order valence-corrected chi connectivity index (χ0v) is 10.4. The highest BCUT2D eigenvalue weighted by molar-refractivity contribution is 5.46. The van der Waals surface area contributed by atoms with Crippen LogP contribution in [0.4, 0.5) is 5.69 Å². The van der Waals surface area contributed by atoms with Crippen LogP contribution in [0.15, 0.2) is 30.3 Å². The highest BCUT2D eigenvalue weighted by Crippen LogP contribution is 2.21. The van der Waals surface area contributed by atoms with Crippen LogP contribution in [0.1, 0.15) is 26.7 Å². The molecule has 1 unspecified atom stereocenters. The van der Waals surface area contributed by atoms with Gasteiger partial charge in [0.25, 0.3) is 0 Å². The lowest BCUT2D eigenvalue weighted by Crippen LogP contribution is -2.48. The Labute approximate surface area is 98.7 Å². The molecule has 1 N–H and O–H groups in total. The van der Waals surface area contributed by atoms with E-state index in [1.54, 1.807) is 0 Å². The van der Waals surface area contributed by atoms with E-state index in [1.807, 2.05) is 0 Å². The molecule has 0 aromatic heterocycles. The van der Waals surface area contributed by atoms with Crippen LogP contribution in [0, 0.1) is 0 Å². The van der Waals surface area contributed by atoms with Crippen molar-refractivity contribution in [3.63, 3.8) is 0 Å². The summed E-state index contributed by atoms with van der Waals surface area (Å²) in [6.07, 6.45) is 2.40. The molecule has 1 aliphatic heterocycles. The Balaban J connectivity index is 2.15. The van der Waals surface area contributed by atoms with Crippen molar-refractivity contribution in [3.8, 4) is 0 Å². The van der Waals surface area contributed by atoms with Crippen molar-refractivity contribution in [1.29, 1.82) is 0 Å². The molecule has 1 aromatic carbocycles. The molecule has 0 radical (unpaired) electrons. The van der Waals surface area contributed by atoms with Crippen LogP contribution in [-0.4, -0.2) is 25.2 Å². The summed E-state index contributed by atoms with van der Waals surface area (Å²) >= 11 is 0. The lowest BCUT2D eigenvalue weighted by atomic mass is 9.98. The molecule has 16 heavy (non-hydrogen) atoms. The van der Waals surface area contributed by atoms with Gasteiger partial charge in [-0.25, -0.2) is 0 Å². The Morgan fingerprint density at radius 3 is 2.75 bits per heavy atom. The van der Waals surface area contributed by atoms with Gasteiger partial charge in [0.15, 0.2) is 0 Å². The molecule has 1 aromatic rings. The van der Waals surface area contributed by atoms with Crippen molar-refractivity contribution in [2.24, 2.45) is 0 Å². The van der Waals surface area contributed by atoms with Gasteiger partial charge in [-0.2, -0.15) is 0 Å². The highest BCUT2D eigenvalue weighted by atomic mass is 15.2. The van der Waals surface area contributed by atoms with Crippen LogP contribution < -0.4 is 10.2 Å². The van der Waals surface area contributed by atoms with E-state index in [0.717, 1.165) is 19.6 Å². The lowest BCUT2D eigenvalue weighted by Gasteiger charge is -2.33. The van der Waals surface area contributed by atoms with Gasteiger partial charge in [-0.05, 0) is 38.4 Å². The molecule has 0 amide bonds. The molecule has 1 saturated heterocycles. The summed E-state index contributed by atoms with van der Waals surface area (Å²) in [5.74, 6) is 0. The molecule has 0 spiro atoms. The molecule has 1 heterocycles. The number of nitrogens with zero attached hydrogens (tertiary/aromatic N) is 1. The zero-order chi connectivity index (χ0) is 11.4. The van der Waals surface area contributed by atoms with Gasteiger partial charge in [-0.1, -0.05) is 25.1 Å². The predicted molar refractivity (Wildman–Crippen MR) is 70.0 cm³/mol. The Hall–Kier alpha value is -1.02. The number of benzene rings is 1. The third kappa shape index (κ3) is 2.56. The summed E-state index contributed by atoms with van der Waals surface area (Å²) in [7, 11) is 0. The van der Waals surface area contributed by atoms with E-state index in [4.69, 9.17) is 0 Å². The van der Waals surface area contributed by atoms with Gasteiger partial charge < -0.3 is 10.2 Å². The Morgan fingerprint density at radius 1 is 1.31 bits per heavy atom. The van der Waals surface area contributed by atoms with Gasteiger partial charge in [0, 0.05) is 24.3 Å². The first-order chi connectivity index (χ1) is 7.73. The predicted octanol–water partition coefficient (Wildman–Crippen LogP) is 2.66. The number of nitrogens with one attached hydrogen (secondary N) is 1.